The molecule has 1 aromatic heterocycles. The molecule has 0 spiro atoms. The van der Waals surface area contributed by atoms with Crippen molar-refractivity contribution >= 4 is 5.91 Å². The van der Waals surface area contributed by atoms with Crippen molar-refractivity contribution in [1.29, 1.82) is 0 Å². The van der Waals surface area contributed by atoms with Crippen molar-refractivity contribution in [3.05, 3.63) is 23.2 Å². The molecule has 5 heteroatoms. The molecule has 0 unspecified atom stereocenters. The zero-order valence-corrected chi connectivity index (χ0v) is 14.5. The first-order valence-electron chi connectivity index (χ1n) is 7.95. The standard InChI is InChI=1S/C17H28N2O3/c1-11-7-15(14(4)22-11)16(20)18-10-17(5,6)19-8-12(2)21-13(3)9-19/h7,12-13H,8-10H2,1-6H3,(H,18,20)/t12-,13+. The smallest absolute Gasteiger partial charge is 0.254 e. The highest BCUT2D eigenvalue weighted by Crippen LogP contribution is 2.21. The van der Waals surface area contributed by atoms with Gasteiger partial charge in [0.2, 0.25) is 0 Å². The fraction of sp³-hybridized carbons (Fsp3) is 0.706. The number of carbonyl (C=O) groups excluding carboxylic acids is 1. The summed E-state index contributed by atoms with van der Waals surface area (Å²) in [7, 11) is 0. The van der Waals surface area contributed by atoms with E-state index in [0.29, 0.717) is 17.9 Å². The van der Waals surface area contributed by atoms with Gasteiger partial charge in [-0.15, -0.1) is 0 Å². The molecule has 0 aliphatic carbocycles. The zero-order chi connectivity index (χ0) is 16.5. The van der Waals surface area contributed by atoms with Crippen LogP contribution in [0.4, 0.5) is 0 Å². The highest BCUT2D eigenvalue weighted by molar-refractivity contribution is 5.95. The number of nitrogens with zero attached hydrogens (tertiary/aromatic N) is 1. The van der Waals surface area contributed by atoms with E-state index in [-0.39, 0.29) is 23.7 Å². The Morgan fingerprint density at radius 1 is 1.32 bits per heavy atom. The minimum absolute atomic E-state index is 0.0724. The van der Waals surface area contributed by atoms with Crippen molar-refractivity contribution in [2.45, 2.75) is 59.3 Å². The number of hydrogen-bond donors (Lipinski definition) is 1. The second-order valence-electron chi connectivity index (χ2n) is 6.98. The van der Waals surface area contributed by atoms with Gasteiger partial charge in [0, 0.05) is 25.2 Å². The number of furan rings is 1. The minimum Gasteiger partial charge on any atom is -0.466 e. The molecular weight excluding hydrogens is 280 g/mol. The molecule has 22 heavy (non-hydrogen) atoms. The topological polar surface area (TPSA) is 54.7 Å². The lowest BCUT2D eigenvalue weighted by Gasteiger charge is -2.45. The maximum atomic E-state index is 12.3. The van der Waals surface area contributed by atoms with Gasteiger partial charge < -0.3 is 14.5 Å². The van der Waals surface area contributed by atoms with Crippen molar-refractivity contribution in [2.24, 2.45) is 0 Å². The SMILES string of the molecule is Cc1cc(C(=O)NCC(C)(C)N2C[C@@H](C)O[C@@H](C)C2)c(C)o1. The summed E-state index contributed by atoms with van der Waals surface area (Å²) in [6.45, 7) is 14.5. The molecule has 1 amide bonds. The summed E-state index contributed by atoms with van der Waals surface area (Å²) in [6.07, 6.45) is 0.440. The van der Waals surface area contributed by atoms with Crippen LogP contribution in [0, 0.1) is 13.8 Å². The molecule has 1 aliphatic rings. The molecule has 0 radical (unpaired) electrons. The third kappa shape index (κ3) is 3.90. The third-order valence-electron chi connectivity index (χ3n) is 4.24. The molecule has 5 nitrogen and oxygen atoms in total. The molecule has 2 rings (SSSR count). The largest absolute Gasteiger partial charge is 0.466 e. The molecule has 2 heterocycles. The molecule has 2 atom stereocenters. The number of hydrogen-bond acceptors (Lipinski definition) is 4. The van der Waals surface area contributed by atoms with Gasteiger partial charge in [-0.3, -0.25) is 9.69 Å². The maximum absolute atomic E-state index is 12.3. The van der Waals surface area contributed by atoms with Crippen LogP contribution in [0.3, 0.4) is 0 Å². The van der Waals surface area contributed by atoms with Crippen LogP contribution in [0.2, 0.25) is 0 Å². The number of carbonyl (C=O) groups is 1. The summed E-state index contributed by atoms with van der Waals surface area (Å²) in [5.74, 6) is 1.36. The summed E-state index contributed by atoms with van der Waals surface area (Å²) in [4.78, 5) is 14.7. The molecular formula is C17H28N2O3. The Balaban J connectivity index is 1.97. The number of morpholine rings is 1. The number of amides is 1. The van der Waals surface area contributed by atoms with Gasteiger partial charge in [-0.1, -0.05) is 0 Å². The van der Waals surface area contributed by atoms with Gasteiger partial charge in [0.25, 0.3) is 5.91 Å². The van der Waals surface area contributed by atoms with Crippen LogP contribution in [-0.2, 0) is 4.74 Å². The average molecular weight is 308 g/mol. The first kappa shape index (κ1) is 17.0. The van der Waals surface area contributed by atoms with Crippen LogP contribution < -0.4 is 5.32 Å². The average Bonchev–Trinajstić information content (AvgIpc) is 2.74. The highest BCUT2D eigenvalue weighted by atomic mass is 16.5. The van der Waals surface area contributed by atoms with Crippen LogP contribution in [0.15, 0.2) is 10.5 Å². The first-order valence-corrected chi connectivity index (χ1v) is 7.95. The van der Waals surface area contributed by atoms with E-state index in [1.54, 1.807) is 6.07 Å². The normalized spacial score (nSPS) is 23.5. The number of aryl methyl sites for hydroxylation is 2. The van der Waals surface area contributed by atoms with Gasteiger partial charge in [0.15, 0.2) is 0 Å². The molecule has 124 valence electrons. The molecule has 0 bridgehead atoms. The van der Waals surface area contributed by atoms with Crippen LogP contribution in [0.1, 0.15) is 49.6 Å². The lowest BCUT2D eigenvalue weighted by molar-refractivity contribution is -0.0948. The second kappa shape index (κ2) is 6.42. The summed E-state index contributed by atoms with van der Waals surface area (Å²) >= 11 is 0. The molecule has 1 saturated heterocycles. The van der Waals surface area contributed by atoms with Crippen molar-refractivity contribution in [1.82, 2.24) is 10.2 Å². The van der Waals surface area contributed by atoms with Crippen LogP contribution >= 0.6 is 0 Å². The van der Waals surface area contributed by atoms with Gasteiger partial charge in [-0.2, -0.15) is 0 Å². The van der Waals surface area contributed by atoms with Gasteiger partial charge >= 0.3 is 0 Å². The van der Waals surface area contributed by atoms with Crippen molar-refractivity contribution in [3.8, 4) is 0 Å². The fourth-order valence-electron chi connectivity index (χ4n) is 3.03. The predicted molar refractivity (Wildman–Crippen MR) is 86.2 cm³/mol. The zero-order valence-electron chi connectivity index (χ0n) is 14.5. The Morgan fingerprint density at radius 3 is 2.41 bits per heavy atom. The van der Waals surface area contributed by atoms with Crippen molar-refractivity contribution in [2.75, 3.05) is 19.6 Å². The minimum atomic E-state index is -0.116. The molecule has 1 aliphatic heterocycles. The van der Waals surface area contributed by atoms with E-state index in [2.05, 4.69) is 37.9 Å². The monoisotopic (exact) mass is 308 g/mol. The van der Waals surface area contributed by atoms with Crippen LogP contribution in [-0.4, -0.2) is 48.2 Å². The van der Waals surface area contributed by atoms with E-state index < -0.39 is 0 Å². The van der Waals surface area contributed by atoms with Gasteiger partial charge in [-0.05, 0) is 47.6 Å². The van der Waals surface area contributed by atoms with Gasteiger partial charge in [0.05, 0.1) is 17.8 Å². The molecule has 1 aromatic rings. The van der Waals surface area contributed by atoms with E-state index in [0.717, 1.165) is 18.8 Å². The summed E-state index contributed by atoms with van der Waals surface area (Å²) in [5, 5.41) is 3.04. The molecule has 1 N–H and O–H groups in total. The summed E-state index contributed by atoms with van der Waals surface area (Å²) in [6, 6.07) is 1.79. The van der Waals surface area contributed by atoms with E-state index in [1.807, 2.05) is 13.8 Å². The van der Waals surface area contributed by atoms with Gasteiger partial charge in [-0.25, -0.2) is 0 Å². The third-order valence-corrected chi connectivity index (χ3v) is 4.24. The Hall–Kier alpha value is -1.33. The highest BCUT2D eigenvalue weighted by Gasteiger charge is 2.33. The van der Waals surface area contributed by atoms with E-state index in [9.17, 15) is 4.79 Å². The number of nitrogens with one attached hydrogen (secondary N) is 1. The quantitative estimate of drug-likeness (QED) is 0.928. The van der Waals surface area contributed by atoms with E-state index in [1.165, 1.54) is 0 Å². The lowest BCUT2D eigenvalue weighted by atomic mass is 10.00. The maximum Gasteiger partial charge on any atom is 0.254 e. The molecule has 1 fully saturated rings. The predicted octanol–water partition coefficient (Wildman–Crippen LogP) is 2.51. The summed E-state index contributed by atoms with van der Waals surface area (Å²) < 4.78 is 11.2. The Kier molecular flexibility index (Phi) is 4.97. The van der Waals surface area contributed by atoms with Crippen LogP contribution in [0.5, 0.6) is 0 Å². The first-order chi connectivity index (χ1) is 10.2. The van der Waals surface area contributed by atoms with Crippen molar-refractivity contribution in [3.63, 3.8) is 0 Å². The molecule has 0 aromatic carbocycles. The number of ether oxygens (including phenoxy) is 1. The van der Waals surface area contributed by atoms with E-state index >= 15 is 0 Å². The van der Waals surface area contributed by atoms with E-state index in [4.69, 9.17) is 9.15 Å². The Morgan fingerprint density at radius 2 is 1.91 bits per heavy atom. The van der Waals surface area contributed by atoms with Crippen LogP contribution in [0.25, 0.3) is 0 Å². The molecule has 0 saturated carbocycles. The number of rotatable bonds is 4. The van der Waals surface area contributed by atoms with Gasteiger partial charge in [0.1, 0.15) is 11.5 Å². The Bertz CT molecular complexity index is 526. The Labute approximate surface area is 133 Å². The lowest BCUT2D eigenvalue weighted by Crippen LogP contribution is -2.58. The fourth-order valence-corrected chi connectivity index (χ4v) is 3.03. The van der Waals surface area contributed by atoms with Crippen molar-refractivity contribution < 1.29 is 13.9 Å². The summed E-state index contributed by atoms with van der Waals surface area (Å²) in [5.41, 5.74) is 0.506. The second-order valence-corrected chi connectivity index (χ2v) is 6.98.